The van der Waals surface area contributed by atoms with Crippen LogP contribution in [0.15, 0.2) is 47.5 Å². The number of nitrogens with one attached hydrogen (secondary N) is 1. The predicted octanol–water partition coefficient (Wildman–Crippen LogP) is 4.39. The minimum atomic E-state index is -0.443. The summed E-state index contributed by atoms with van der Waals surface area (Å²) < 4.78 is 0. The first-order chi connectivity index (χ1) is 12.6. The summed E-state index contributed by atoms with van der Waals surface area (Å²) in [7, 11) is 0. The Morgan fingerprint density at radius 3 is 2.77 bits per heavy atom. The average Bonchev–Trinajstić information content (AvgIpc) is 3.27. The molecule has 0 saturated carbocycles. The molecule has 8 nitrogen and oxygen atoms in total. The van der Waals surface area contributed by atoms with Crippen LogP contribution in [-0.2, 0) is 0 Å². The van der Waals surface area contributed by atoms with Gasteiger partial charge in [-0.2, -0.15) is 5.10 Å². The van der Waals surface area contributed by atoms with Crippen molar-refractivity contribution in [2.45, 2.75) is 0 Å². The Morgan fingerprint density at radius 1 is 1.19 bits per heavy atom. The highest BCUT2D eigenvalue weighted by Gasteiger charge is 2.09. The molecule has 2 aromatic heterocycles. The Balaban J connectivity index is 1.55. The Labute approximate surface area is 155 Å². The van der Waals surface area contributed by atoms with Gasteiger partial charge in [-0.1, -0.05) is 29.0 Å². The number of benzene rings is 2. The van der Waals surface area contributed by atoms with Crippen LogP contribution in [0.25, 0.3) is 21.5 Å². The fourth-order valence-corrected chi connectivity index (χ4v) is 3.20. The molecule has 4 aromatic rings. The van der Waals surface area contributed by atoms with Gasteiger partial charge in [0, 0.05) is 29.3 Å². The lowest BCUT2D eigenvalue weighted by atomic mass is 10.2. The molecule has 2 heterocycles. The van der Waals surface area contributed by atoms with Crippen molar-refractivity contribution >= 4 is 50.9 Å². The van der Waals surface area contributed by atoms with E-state index in [4.69, 9.17) is 11.6 Å². The lowest BCUT2D eigenvalue weighted by Gasteiger charge is -1.94. The zero-order chi connectivity index (χ0) is 18.1. The van der Waals surface area contributed by atoms with Crippen molar-refractivity contribution in [2.75, 3.05) is 0 Å². The summed E-state index contributed by atoms with van der Waals surface area (Å²) in [5, 5.41) is 28.2. The summed E-state index contributed by atoms with van der Waals surface area (Å²) in [5.74, 6) is 0. The van der Waals surface area contributed by atoms with Gasteiger partial charge in [0.05, 0.1) is 10.4 Å². The largest absolute Gasteiger partial charge is 0.269 e. The highest BCUT2D eigenvalue weighted by molar-refractivity contribution is 7.18. The van der Waals surface area contributed by atoms with Crippen molar-refractivity contribution in [3.05, 3.63) is 63.3 Å². The third kappa shape index (κ3) is 3.17. The highest BCUT2D eigenvalue weighted by atomic mass is 35.5. The number of H-pyrrole nitrogens is 1. The number of fused-ring (bicyclic) bond motifs is 1. The van der Waals surface area contributed by atoms with Crippen LogP contribution in [0.5, 0.6) is 0 Å². The highest BCUT2D eigenvalue weighted by Crippen LogP contribution is 2.31. The Morgan fingerprint density at radius 2 is 2.00 bits per heavy atom. The summed E-state index contributed by atoms with van der Waals surface area (Å²) in [6, 6.07) is 11.7. The maximum absolute atomic E-state index is 10.7. The lowest BCUT2D eigenvalue weighted by Crippen LogP contribution is -1.88. The molecule has 4 rings (SSSR count). The number of aromatic nitrogens is 4. The van der Waals surface area contributed by atoms with Crippen LogP contribution in [0.2, 0.25) is 5.15 Å². The van der Waals surface area contributed by atoms with Gasteiger partial charge in [0.25, 0.3) is 5.69 Å². The van der Waals surface area contributed by atoms with E-state index in [1.54, 1.807) is 18.3 Å². The van der Waals surface area contributed by atoms with Crippen LogP contribution in [0.1, 0.15) is 5.56 Å². The second kappa shape index (κ2) is 6.62. The molecule has 0 spiro atoms. The molecule has 0 saturated heterocycles. The maximum atomic E-state index is 10.7. The summed E-state index contributed by atoms with van der Waals surface area (Å²) in [6.07, 6.45) is 1.59. The third-order valence-corrected chi connectivity index (χ3v) is 4.77. The zero-order valence-electron chi connectivity index (χ0n) is 13.0. The summed E-state index contributed by atoms with van der Waals surface area (Å²) in [5.41, 5.74) is 2.39. The number of aliphatic imine (C=N–C) groups is 1. The first-order valence-electron chi connectivity index (χ1n) is 7.36. The van der Waals surface area contributed by atoms with Gasteiger partial charge in [0.1, 0.15) is 10.2 Å². The van der Waals surface area contributed by atoms with Crippen molar-refractivity contribution in [3.63, 3.8) is 0 Å². The molecule has 0 aliphatic heterocycles. The molecule has 2 aromatic carbocycles. The summed E-state index contributed by atoms with van der Waals surface area (Å²) in [4.78, 5) is 14.5. The van der Waals surface area contributed by atoms with E-state index >= 15 is 0 Å². The lowest BCUT2D eigenvalue weighted by molar-refractivity contribution is -0.384. The minimum absolute atomic E-state index is 0.0363. The normalized spacial score (nSPS) is 11.4. The molecule has 0 unspecified atom stereocenters. The smallest absolute Gasteiger partial charge is 0.266 e. The Kier molecular flexibility index (Phi) is 4.15. The fraction of sp³-hybridized carbons (Fsp3) is 0. The number of rotatable bonds is 4. The number of non-ortho nitro benzene ring substituents is 1. The molecule has 0 radical (unpaired) electrons. The summed E-state index contributed by atoms with van der Waals surface area (Å²) >= 11 is 7.33. The number of aromatic amines is 1. The van der Waals surface area contributed by atoms with Crippen LogP contribution in [0, 0.1) is 10.1 Å². The molecule has 0 aliphatic carbocycles. The van der Waals surface area contributed by atoms with E-state index in [0.29, 0.717) is 15.3 Å². The topological polar surface area (TPSA) is 110 Å². The minimum Gasteiger partial charge on any atom is -0.266 e. The van der Waals surface area contributed by atoms with Crippen molar-refractivity contribution < 1.29 is 4.92 Å². The SMILES string of the molecule is O=[N+]([O-])c1ccc(/C=N/c2nnc(-c3ccc4c(Cl)[nH]nc4c3)s2)cc1. The van der Waals surface area contributed by atoms with Gasteiger partial charge < -0.3 is 0 Å². The van der Waals surface area contributed by atoms with E-state index in [1.165, 1.54) is 23.5 Å². The zero-order valence-corrected chi connectivity index (χ0v) is 14.5. The quantitative estimate of drug-likeness (QED) is 0.318. The maximum Gasteiger partial charge on any atom is 0.269 e. The first kappa shape index (κ1) is 16.3. The van der Waals surface area contributed by atoms with Gasteiger partial charge in [-0.05, 0) is 29.8 Å². The number of nitrogens with zero attached hydrogens (tertiary/aromatic N) is 5. The van der Waals surface area contributed by atoms with E-state index in [9.17, 15) is 10.1 Å². The molecular formula is C16H9ClN6O2S. The molecular weight excluding hydrogens is 376 g/mol. The van der Waals surface area contributed by atoms with E-state index in [0.717, 1.165) is 22.0 Å². The second-order valence-corrected chi connectivity index (χ2v) is 6.60. The molecule has 0 atom stereocenters. The average molecular weight is 385 g/mol. The number of hydrogen-bond donors (Lipinski definition) is 1. The number of nitro benzene ring substituents is 1. The van der Waals surface area contributed by atoms with Gasteiger partial charge in [0.2, 0.25) is 5.13 Å². The standard InChI is InChI=1S/C16H9ClN6O2S/c17-14-12-6-3-10(7-13(12)19-20-14)15-21-22-16(26-15)18-8-9-1-4-11(5-2-9)23(24)25/h1-8H,(H,19,20)/b18-8+. The van der Waals surface area contributed by atoms with Gasteiger partial charge in [-0.3, -0.25) is 15.2 Å². The van der Waals surface area contributed by atoms with Crippen molar-refractivity contribution in [1.29, 1.82) is 0 Å². The monoisotopic (exact) mass is 384 g/mol. The van der Waals surface area contributed by atoms with Crippen molar-refractivity contribution in [1.82, 2.24) is 20.4 Å². The molecule has 26 heavy (non-hydrogen) atoms. The predicted molar refractivity (Wildman–Crippen MR) is 100 cm³/mol. The molecule has 1 N–H and O–H groups in total. The van der Waals surface area contributed by atoms with E-state index < -0.39 is 4.92 Å². The Hall–Kier alpha value is -3.17. The van der Waals surface area contributed by atoms with Crippen molar-refractivity contribution in [3.8, 4) is 10.6 Å². The molecule has 0 aliphatic rings. The molecule has 10 heteroatoms. The van der Waals surface area contributed by atoms with E-state index in [-0.39, 0.29) is 5.69 Å². The Bertz CT molecular complexity index is 1140. The van der Waals surface area contributed by atoms with Crippen LogP contribution in [-0.4, -0.2) is 31.5 Å². The van der Waals surface area contributed by atoms with Crippen LogP contribution < -0.4 is 0 Å². The van der Waals surface area contributed by atoms with E-state index in [1.807, 2.05) is 18.2 Å². The number of nitro groups is 1. The summed E-state index contributed by atoms with van der Waals surface area (Å²) in [6.45, 7) is 0. The number of hydrogen-bond acceptors (Lipinski definition) is 7. The molecule has 0 amide bonds. The molecule has 0 bridgehead atoms. The first-order valence-corrected chi connectivity index (χ1v) is 8.55. The fourth-order valence-electron chi connectivity index (χ4n) is 2.31. The second-order valence-electron chi connectivity index (χ2n) is 5.27. The third-order valence-electron chi connectivity index (χ3n) is 3.60. The van der Waals surface area contributed by atoms with Gasteiger partial charge in [-0.15, -0.1) is 10.2 Å². The molecule has 0 fully saturated rings. The van der Waals surface area contributed by atoms with Crippen LogP contribution in [0.3, 0.4) is 0 Å². The number of halogens is 1. The molecule has 128 valence electrons. The van der Waals surface area contributed by atoms with Gasteiger partial charge >= 0.3 is 0 Å². The van der Waals surface area contributed by atoms with Gasteiger partial charge in [-0.25, -0.2) is 4.99 Å². The van der Waals surface area contributed by atoms with E-state index in [2.05, 4.69) is 25.4 Å². The van der Waals surface area contributed by atoms with Gasteiger partial charge in [0.15, 0.2) is 0 Å². The van der Waals surface area contributed by atoms with Crippen molar-refractivity contribution in [2.24, 2.45) is 4.99 Å². The van der Waals surface area contributed by atoms with Crippen LogP contribution in [0.4, 0.5) is 10.8 Å². The van der Waals surface area contributed by atoms with Crippen LogP contribution >= 0.6 is 22.9 Å².